The zero-order chi connectivity index (χ0) is 13.2. The van der Waals surface area contributed by atoms with Crippen molar-refractivity contribution in [2.45, 2.75) is 45.8 Å². The highest BCUT2D eigenvalue weighted by molar-refractivity contribution is 5.62. The fourth-order valence-corrected chi connectivity index (χ4v) is 2.40. The number of benzene rings is 1. The van der Waals surface area contributed by atoms with Gasteiger partial charge in [-0.2, -0.15) is 0 Å². The molecule has 1 heterocycles. The van der Waals surface area contributed by atoms with Crippen LogP contribution in [0.1, 0.15) is 30.9 Å². The van der Waals surface area contributed by atoms with Gasteiger partial charge in [0.15, 0.2) is 0 Å². The Morgan fingerprint density at radius 3 is 2.95 bits per heavy atom. The molecule has 0 aliphatic heterocycles. The molecule has 0 radical (unpaired) electrons. The Balaban J connectivity index is 1.94. The van der Waals surface area contributed by atoms with Crippen LogP contribution in [0.15, 0.2) is 30.6 Å². The molecule has 0 spiro atoms. The zero-order valence-corrected chi connectivity index (χ0v) is 11.7. The predicted molar refractivity (Wildman–Crippen MR) is 77.9 cm³/mol. The monoisotopic (exact) mass is 255 g/mol. The fraction of sp³-hybridized carbons (Fsp3) is 0.438. The quantitative estimate of drug-likeness (QED) is 0.889. The van der Waals surface area contributed by atoms with Crippen molar-refractivity contribution in [3.8, 4) is 11.4 Å². The summed E-state index contributed by atoms with van der Waals surface area (Å²) in [6.45, 7) is 6.19. The van der Waals surface area contributed by atoms with Crippen LogP contribution in [0.2, 0.25) is 0 Å². The van der Waals surface area contributed by atoms with Gasteiger partial charge in [0.1, 0.15) is 5.82 Å². The van der Waals surface area contributed by atoms with E-state index < -0.39 is 0 Å². The van der Waals surface area contributed by atoms with E-state index in [0.717, 1.165) is 25.0 Å². The number of aryl methyl sites for hydroxylation is 2. The summed E-state index contributed by atoms with van der Waals surface area (Å²) in [4.78, 5) is 4.54. The largest absolute Gasteiger partial charge is 0.331 e. The highest BCUT2D eigenvalue weighted by atomic mass is 15.1. The van der Waals surface area contributed by atoms with Crippen molar-refractivity contribution in [3.63, 3.8) is 0 Å². The van der Waals surface area contributed by atoms with Crippen LogP contribution >= 0.6 is 0 Å². The van der Waals surface area contributed by atoms with E-state index in [0.29, 0.717) is 0 Å². The predicted octanol–water partition coefficient (Wildman–Crippen LogP) is 3.13. The normalized spacial score (nSPS) is 14.8. The molecule has 3 heteroatoms. The van der Waals surface area contributed by atoms with Gasteiger partial charge in [0.25, 0.3) is 0 Å². The first-order valence-electron chi connectivity index (χ1n) is 7.12. The summed E-state index contributed by atoms with van der Waals surface area (Å²) in [7, 11) is 0. The van der Waals surface area contributed by atoms with Crippen LogP contribution in [-0.2, 0) is 13.1 Å². The molecule has 1 fully saturated rings. The van der Waals surface area contributed by atoms with Crippen molar-refractivity contribution in [2.24, 2.45) is 0 Å². The van der Waals surface area contributed by atoms with E-state index in [2.05, 4.69) is 53.1 Å². The number of nitrogens with zero attached hydrogens (tertiary/aromatic N) is 2. The lowest BCUT2D eigenvalue weighted by Crippen LogP contribution is -2.16. The van der Waals surface area contributed by atoms with Crippen LogP contribution in [-0.4, -0.2) is 15.6 Å². The molecule has 0 bridgehead atoms. The molecule has 19 heavy (non-hydrogen) atoms. The Labute approximate surface area is 114 Å². The van der Waals surface area contributed by atoms with Crippen molar-refractivity contribution in [2.75, 3.05) is 0 Å². The standard InChI is InChI=1S/C16H21N3/c1-3-19-9-8-17-16(19)15-10-12(2)4-5-13(15)11-18-14-6-7-14/h4-5,8-10,14,18H,3,6-7,11H2,1-2H3. The minimum atomic E-state index is 0.736. The second-order valence-corrected chi connectivity index (χ2v) is 5.35. The average molecular weight is 255 g/mol. The summed E-state index contributed by atoms with van der Waals surface area (Å²) >= 11 is 0. The zero-order valence-electron chi connectivity index (χ0n) is 11.7. The third kappa shape index (κ3) is 2.71. The molecular formula is C16H21N3. The van der Waals surface area contributed by atoms with Crippen molar-refractivity contribution < 1.29 is 0 Å². The van der Waals surface area contributed by atoms with E-state index in [1.165, 1.54) is 29.5 Å². The summed E-state index contributed by atoms with van der Waals surface area (Å²) in [6.07, 6.45) is 6.59. The number of nitrogens with one attached hydrogen (secondary N) is 1. The van der Waals surface area contributed by atoms with Crippen LogP contribution in [0.3, 0.4) is 0 Å². The van der Waals surface area contributed by atoms with Crippen molar-refractivity contribution in [1.29, 1.82) is 0 Å². The third-order valence-corrected chi connectivity index (χ3v) is 3.72. The van der Waals surface area contributed by atoms with Gasteiger partial charge < -0.3 is 9.88 Å². The Morgan fingerprint density at radius 1 is 1.37 bits per heavy atom. The summed E-state index contributed by atoms with van der Waals surface area (Å²) < 4.78 is 2.20. The van der Waals surface area contributed by atoms with Crippen LogP contribution in [0.4, 0.5) is 0 Å². The molecular weight excluding hydrogens is 234 g/mol. The summed E-state index contributed by atoms with van der Waals surface area (Å²) in [5, 5.41) is 3.60. The Morgan fingerprint density at radius 2 is 2.21 bits per heavy atom. The number of aromatic nitrogens is 2. The van der Waals surface area contributed by atoms with Gasteiger partial charge in [-0.15, -0.1) is 0 Å². The van der Waals surface area contributed by atoms with Crippen LogP contribution in [0, 0.1) is 6.92 Å². The van der Waals surface area contributed by atoms with Gasteiger partial charge >= 0.3 is 0 Å². The molecule has 1 aromatic carbocycles. The Hall–Kier alpha value is -1.61. The van der Waals surface area contributed by atoms with Crippen molar-refractivity contribution in [3.05, 3.63) is 41.7 Å². The van der Waals surface area contributed by atoms with Gasteiger partial charge in [0.2, 0.25) is 0 Å². The first-order valence-corrected chi connectivity index (χ1v) is 7.12. The molecule has 1 saturated carbocycles. The molecule has 100 valence electrons. The van der Waals surface area contributed by atoms with Gasteiger partial charge in [-0.1, -0.05) is 17.7 Å². The highest BCUT2D eigenvalue weighted by Crippen LogP contribution is 2.25. The molecule has 3 nitrogen and oxygen atoms in total. The van der Waals surface area contributed by atoms with E-state index >= 15 is 0 Å². The maximum Gasteiger partial charge on any atom is 0.140 e. The average Bonchev–Trinajstić information content (AvgIpc) is 3.12. The molecule has 0 saturated heterocycles. The molecule has 1 aromatic heterocycles. The second-order valence-electron chi connectivity index (χ2n) is 5.35. The van der Waals surface area contributed by atoms with Crippen LogP contribution in [0.25, 0.3) is 11.4 Å². The van der Waals surface area contributed by atoms with Crippen LogP contribution in [0.5, 0.6) is 0 Å². The molecule has 1 aliphatic carbocycles. The first-order chi connectivity index (χ1) is 9.28. The van der Waals surface area contributed by atoms with Gasteiger partial charge in [0.05, 0.1) is 0 Å². The first kappa shape index (κ1) is 12.4. The molecule has 1 aliphatic rings. The summed E-state index contributed by atoms with van der Waals surface area (Å²) in [5.41, 5.74) is 3.90. The van der Waals surface area contributed by atoms with Gasteiger partial charge in [-0.05, 0) is 38.3 Å². The lowest BCUT2D eigenvalue weighted by atomic mass is 10.0. The maximum atomic E-state index is 4.54. The number of rotatable bonds is 5. The molecule has 1 N–H and O–H groups in total. The van der Waals surface area contributed by atoms with Gasteiger partial charge in [-0.25, -0.2) is 4.98 Å². The minimum absolute atomic E-state index is 0.736. The Kier molecular flexibility index (Phi) is 3.38. The summed E-state index contributed by atoms with van der Waals surface area (Å²) in [6, 6.07) is 7.40. The number of hydrogen-bond acceptors (Lipinski definition) is 2. The van der Waals surface area contributed by atoms with E-state index in [4.69, 9.17) is 0 Å². The SMILES string of the molecule is CCn1ccnc1-c1cc(C)ccc1CNC1CC1. The lowest BCUT2D eigenvalue weighted by molar-refractivity contribution is 0.686. The number of hydrogen-bond donors (Lipinski definition) is 1. The fourth-order valence-electron chi connectivity index (χ4n) is 2.40. The molecule has 0 amide bonds. The summed E-state index contributed by atoms with van der Waals surface area (Å²) in [5.74, 6) is 1.08. The van der Waals surface area contributed by atoms with E-state index in [9.17, 15) is 0 Å². The maximum absolute atomic E-state index is 4.54. The lowest BCUT2D eigenvalue weighted by Gasteiger charge is -2.12. The third-order valence-electron chi connectivity index (χ3n) is 3.72. The van der Waals surface area contributed by atoms with E-state index in [1.54, 1.807) is 0 Å². The van der Waals surface area contributed by atoms with E-state index in [-0.39, 0.29) is 0 Å². The Bertz CT molecular complexity index is 567. The molecule has 0 atom stereocenters. The molecule has 2 aromatic rings. The molecule has 3 rings (SSSR count). The van der Waals surface area contributed by atoms with Gasteiger partial charge in [-0.3, -0.25) is 0 Å². The molecule has 0 unspecified atom stereocenters. The van der Waals surface area contributed by atoms with Gasteiger partial charge in [0, 0.05) is 37.1 Å². The topological polar surface area (TPSA) is 29.9 Å². The smallest absolute Gasteiger partial charge is 0.140 e. The minimum Gasteiger partial charge on any atom is -0.331 e. The highest BCUT2D eigenvalue weighted by Gasteiger charge is 2.21. The second kappa shape index (κ2) is 5.17. The van der Waals surface area contributed by atoms with Crippen molar-refractivity contribution in [1.82, 2.24) is 14.9 Å². The van der Waals surface area contributed by atoms with E-state index in [1.807, 2.05) is 6.20 Å². The van der Waals surface area contributed by atoms with Crippen LogP contribution < -0.4 is 5.32 Å². The number of imidazole rings is 1. The van der Waals surface area contributed by atoms with Crippen molar-refractivity contribution >= 4 is 0 Å².